The fourth-order valence-electron chi connectivity index (χ4n) is 2.79. The summed E-state index contributed by atoms with van der Waals surface area (Å²) in [5, 5.41) is 14.4. The Balaban J connectivity index is 2.05. The van der Waals surface area contributed by atoms with E-state index in [0.717, 1.165) is 4.47 Å². The minimum atomic E-state index is -0.562. The lowest BCUT2D eigenvalue weighted by Gasteiger charge is -2.07. The van der Waals surface area contributed by atoms with Gasteiger partial charge in [-0.1, -0.05) is 6.07 Å². The lowest BCUT2D eigenvalue weighted by Crippen LogP contribution is -2.14. The van der Waals surface area contributed by atoms with Crippen molar-refractivity contribution in [3.8, 4) is 5.75 Å². The van der Waals surface area contributed by atoms with Crippen LogP contribution >= 0.6 is 27.3 Å². The Labute approximate surface area is 184 Å². The normalized spacial score (nSPS) is 10.6. The zero-order chi connectivity index (χ0) is 21.8. The highest BCUT2D eigenvalue weighted by Crippen LogP contribution is 2.44. The van der Waals surface area contributed by atoms with Crippen LogP contribution in [-0.4, -0.2) is 30.0 Å². The van der Waals surface area contributed by atoms with Gasteiger partial charge in [-0.2, -0.15) is 0 Å². The molecule has 0 saturated heterocycles. The smallest absolute Gasteiger partial charge is 0.341 e. The lowest BCUT2D eigenvalue weighted by molar-refractivity contribution is -0.384. The summed E-state index contributed by atoms with van der Waals surface area (Å²) >= 11 is 4.64. The third-order valence-electron chi connectivity index (χ3n) is 4.10. The molecular formula is C20H17BrN2O6S. The summed E-state index contributed by atoms with van der Waals surface area (Å²) < 4.78 is 12.3. The number of nitro groups is 1. The number of nitrogens with zero attached hydrogens (tertiary/aromatic N) is 1. The second kappa shape index (κ2) is 9.23. The number of rotatable bonds is 7. The summed E-state index contributed by atoms with van der Waals surface area (Å²) in [5.41, 5.74) is 0.339. The molecule has 1 heterocycles. The molecule has 8 nitrogen and oxygen atoms in total. The maximum atomic E-state index is 12.7. The van der Waals surface area contributed by atoms with Gasteiger partial charge in [0.2, 0.25) is 0 Å². The Morgan fingerprint density at radius 1 is 1.13 bits per heavy atom. The van der Waals surface area contributed by atoms with Crippen LogP contribution in [0.4, 0.5) is 10.7 Å². The highest BCUT2D eigenvalue weighted by Gasteiger charge is 2.25. The Morgan fingerprint density at radius 3 is 2.43 bits per heavy atom. The SMILES string of the molecule is CCOC(=O)c1c(NC(=O)c2ccc([N+](=O)[O-])cc2)sc2c(OCC)c(Br)ccc12. The van der Waals surface area contributed by atoms with Gasteiger partial charge in [-0.05, 0) is 48.0 Å². The quantitative estimate of drug-likeness (QED) is 0.268. The fourth-order valence-corrected chi connectivity index (χ4v) is 4.56. The number of esters is 1. The molecule has 0 aliphatic carbocycles. The predicted molar refractivity (Wildman–Crippen MR) is 118 cm³/mol. The molecule has 3 aromatic rings. The molecule has 0 aliphatic rings. The summed E-state index contributed by atoms with van der Waals surface area (Å²) in [7, 11) is 0. The van der Waals surface area contributed by atoms with Crippen molar-refractivity contribution in [1.29, 1.82) is 0 Å². The Kier molecular flexibility index (Phi) is 6.68. The van der Waals surface area contributed by atoms with E-state index in [1.807, 2.05) is 6.92 Å². The fraction of sp³-hybridized carbons (Fsp3) is 0.200. The number of fused-ring (bicyclic) bond motifs is 1. The van der Waals surface area contributed by atoms with Gasteiger partial charge in [0.1, 0.15) is 10.6 Å². The maximum Gasteiger partial charge on any atom is 0.341 e. The first-order valence-corrected chi connectivity index (χ1v) is 10.6. The van der Waals surface area contributed by atoms with Crippen molar-refractivity contribution in [1.82, 2.24) is 0 Å². The van der Waals surface area contributed by atoms with Crippen molar-refractivity contribution >= 4 is 59.9 Å². The van der Waals surface area contributed by atoms with Crippen LogP contribution < -0.4 is 10.1 Å². The average Bonchev–Trinajstić information content (AvgIpc) is 3.08. The third kappa shape index (κ3) is 4.29. The number of carbonyl (C=O) groups is 2. The number of hydrogen-bond donors (Lipinski definition) is 1. The first-order chi connectivity index (χ1) is 14.4. The van der Waals surface area contributed by atoms with Gasteiger partial charge in [-0.3, -0.25) is 14.9 Å². The molecule has 0 aliphatic heterocycles. The summed E-state index contributed by atoms with van der Waals surface area (Å²) in [5.74, 6) is -0.493. The second-order valence-electron chi connectivity index (χ2n) is 5.97. The van der Waals surface area contributed by atoms with Crippen molar-refractivity contribution in [3.05, 3.63) is 62.1 Å². The average molecular weight is 493 g/mol. The van der Waals surface area contributed by atoms with E-state index in [1.165, 1.54) is 35.6 Å². The molecule has 30 heavy (non-hydrogen) atoms. The topological polar surface area (TPSA) is 108 Å². The molecule has 1 aromatic heterocycles. The molecule has 0 bridgehead atoms. The van der Waals surface area contributed by atoms with Gasteiger partial charge >= 0.3 is 5.97 Å². The molecule has 0 saturated carbocycles. The van der Waals surface area contributed by atoms with E-state index in [-0.39, 0.29) is 23.4 Å². The summed E-state index contributed by atoms with van der Waals surface area (Å²) in [6, 6.07) is 8.73. The first kappa shape index (κ1) is 21.7. The summed E-state index contributed by atoms with van der Waals surface area (Å²) in [6.45, 7) is 4.15. The zero-order valence-electron chi connectivity index (χ0n) is 16.1. The molecule has 10 heteroatoms. The van der Waals surface area contributed by atoms with Crippen LogP contribution in [0.5, 0.6) is 5.75 Å². The number of nitro benzene ring substituents is 1. The molecule has 1 amide bonds. The molecular weight excluding hydrogens is 476 g/mol. The van der Waals surface area contributed by atoms with E-state index in [2.05, 4.69) is 21.2 Å². The first-order valence-electron chi connectivity index (χ1n) is 8.98. The van der Waals surface area contributed by atoms with Crippen molar-refractivity contribution in [3.63, 3.8) is 0 Å². The minimum Gasteiger partial charge on any atom is -0.491 e. The van der Waals surface area contributed by atoms with Gasteiger partial charge in [0.25, 0.3) is 11.6 Å². The largest absolute Gasteiger partial charge is 0.491 e. The Bertz CT molecular complexity index is 1130. The third-order valence-corrected chi connectivity index (χ3v) is 5.84. The van der Waals surface area contributed by atoms with Crippen LogP contribution in [0.15, 0.2) is 40.9 Å². The minimum absolute atomic E-state index is 0.119. The number of hydrogen-bond acceptors (Lipinski definition) is 7. The maximum absolute atomic E-state index is 12.7. The van der Waals surface area contributed by atoms with Crippen LogP contribution in [0.3, 0.4) is 0 Å². The molecule has 1 N–H and O–H groups in total. The summed E-state index contributed by atoms with van der Waals surface area (Å²) in [6.07, 6.45) is 0. The number of anilines is 1. The van der Waals surface area contributed by atoms with Gasteiger partial charge in [-0.15, -0.1) is 11.3 Å². The van der Waals surface area contributed by atoms with Crippen molar-refractivity contribution in [2.24, 2.45) is 0 Å². The zero-order valence-corrected chi connectivity index (χ0v) is 18.5. The van der Waals surface area contributed by atoms with E-state index >= 15 is 0 Å². The standard InChI is InChI=1S/C20H17BrN2O6S/c1-3-28-16-14(21)10-9-13-15(20(25)29-4-2)19(30-17(13)16)22-18(24)11-5-7-12(8-6-11)23(26)27/h5-10H,3-4H2,1-2H3,(H,22,24). The van der Waals surface area contributed by atoms with E-state index in [1.54, 1.807) is 19.1 Å². The van der Waals surface area contributed by atoms with Crippen molar-refractivity contribution in [2.45, 2.75) is 13.8 Å². The molecule has 156 valence electrons. The second-order valence-corrected chi connectivity index (χ2v) is 7.85. The van der Waals surface area contributed by atoms with E-state index in [0.29, 0.717) is 27.4 Å². The number of amides is 1. The van der Waals surface area contributed by atoms with Crippen LogP contribution in [-0.2, 0) is 4.74 Å². The monoisotopic (exact) mass is 492 g/mol. The number of non-ortho nitro benzene ring substituents is 1. The van der Waals surface area contributed by atoms with Crippen LogP contribution in [0.25, 0.3) is 10.1 Å². The Morgan fingerprint density at radius 2 is 1.83 bits per heavy atom. The van der Waals surface area contributed by atoms with Gasteiger partial charge in [0, 0.05) is 23.1 Å². The number of thiophene rings is 1. The van der Waals surface area contributed by atoms with Gasteiger partial charge in [-0.25, -0.2) is 4.79 Å². The predicted octanol–water partition coefficient (Wildman–Crippen LogP) is 5.40. The number of nitrogens with one attached hydrogen (secondary N) is 1. The lowest BCUT2D eigenvalue weighted by atomic mass is 10.1. The molecule has 0 fully saturated rings. The number of halogens is 1. The van der Waals surface area contributed by atoms with Crippen LogP contribution in [0.2, 0.25) is 0 Å². The summed E-state index contributed by atoms with van der Waals surface area (Å²) in [4.78, 5) is 35.6. The van der Waals surface area contributed by atoms with E-state index in [4.69, 9.17) is 9.47 Å². The molecule has 2 aromatic carbocycles. The van der Waals surface area contributed by atoms with Crippen molar-refractivity contribution in [2.75, 3.05) is 18.5 Å². The van der Waals surface area contributed by atoms with Crippen LogP contribution in [0.1, 0.15) is 34.6 Å². The van der Waals surface area contributed by atoms with E-state index < -0.39 is 16.8 Å². The van der Waals surface area contributed by atoms with Crippen LogP contribution in [0, 0.1) is 10.1 Å². The number of carbonyl (C=O) groups excluding carboxylic acids is 2. The number of ether oxygens (including phenoxy) is 2. The molecule has 0 radical (unpaired) electrons. The Hall–Kier alpha value is -2.98. The molecule has 3 rings (SSSR count). The van der Waals surface area contributed by atoms with E-state index in [9.17, 15) is 19.7 Å². The molecule has 0 unspecified atom stereocenters. The molecule has 0 atom stereocenters. The number of benzene rings is 2. The van der Waals surface area contributed by atoms with Crippen molar-refractivity contribution < 1.29 is 24.0 Å². The molecule has 0 spiro atoms. The highest BCUT2D eigenvalue weighted by atomic mass is 79.9. The van der Waals surface area contributed by atoms with Gasteiger partial charge in [0.15, 0.2) is 5.75 Å². The van der Waals surface area contributed by atoms with Gasteiger partial charge in [0.05, 0.1) is 27.3 Å². The highest BCUT2D eigenvalue weighted by molar-refractivity contribution is 9.10. The van der Waals surface area contributed by atoms with Gasteiger partial charge < -0.3 is 14.8 Å².